The molecule has 120 valence electrons. The summed E-state index contributed by atoms with van der Waals surface area (Å²) in [6.07, 6.45) is 4.88. The Bertz CT molecular complexity index is 528. The van der Waals surface area contributed by atoms with Crippen molar-refractivity contribution in [3.05, 3.63) is 46.1 Å². The first kappa shape index (κ1) is 17.0. The predicted octanol–water partition coefficient (Wildman–Crippen LogP) is 3.43. The average molecular weight is 367 g/mol. The van der Waals surface area contributed by atoms with Crippen molar-refractivity contribution in [2.75, 3.05) is 13.2 Å². The van der Waals surface area contributed by atoms with E-state index in [-0.39, 0.29) is 12.0 Å². The number of hydrogen-bond donors (Lipinski definition) is 1. The number of carbonyl (C=O) groups excluding carboxylic acids is 1. The van der Waals surface area contributed by atoms with Gasteiger partial charge in [0.25, 0.3) is 0 Å². The highest BCUT2D eigenvalue weighted by molar-refractivity contribution is 9.10. The minimum Gasteiger partial charge on any atom is -0.463 e. The number of halogens is 1. The molecule has 5 heteroatoms. The van der Waals surface area contributed by atoms with Gasteiger partial charge >= 0.3 is 5.97 Å². The van der Waals surface area contributed by atoms with Gasteiger partial charge in [0.2, 0.25) is 0 Å². The van der Waals surface area contributed by atoms with E-state index in [0.717, 1.165) is 30.3 Å². The number of nitrogens with one attached hydrogen (secondary N) is 1. The van der Waals surface area contributed by atoms with Crippen molar-refractivity contribution in [2.45, 2.75) is 39.2 Å². The Morgan fingerprint density at radius 2 is 2.05 bits per heavy atom. The molecule has 1 heterocycles. The molecular weight excluding hydrogens is 344 g/mol. The highest BCUT2D eigenvalue weighted by Gasteiger charge is 2.29. The second-order valence-corrected chi connectivity index (χ2v) is 6.28. The largest absolute Gasteiger partial charge is 0.463 e. The SMILES string of the molecule is CCCCN1C=C(C(=O)OCC)C(Cc2ccc(Br)cc2)N1. The summed E-state index contributed by atoms with van der Waals surface area (Å²) in [5, 5.41) is 2.01. The first-order valence-corrected chi connectivity index (χ1v) is 8.59. The Hall–Kier alpha value is -1.33. The third-order valence-electron chi connectivity index (χ3n) is 3.61. The Balaban J connectivity index is 2.08. The van der Waals surface area contributed by atoms with Crippen LogP contribution in [0.2, 0.25) is 0 Å². The highest BCUT2D eigenvalue weighted by atomic mass is 79.9. The number of unbranched alkanes of at least 4 members (excludes halogenated alkanes) is 1. The van der Waals surface area contributed by atoms with Gasteiger partial charge in [0.05, 0.1) is 18.2 Å². The summed E-state index contributed by atoms with van der Waals surface area (Å²) in [5.74, 6) is -0.226. The van der Waals surface area contributed by atoms with Gasteiger partial charge in [-0.05, 0) is 37.5 Å². The van der Waals surface area contributed by atoms with Crippen molar-refractivity contribution >= 4 is 21.9 Å². The van der Waals surface area contributed by atoms with Crippen molar-refractivity contribution < 1.29 is 9.53 Å². The molecule has 1 atom stereocenters. The third-order valence-corrected chi connectivity index (χ3v) is 4.14. The van der Waals surface area contributed by atoms with E-state index in [9.17, 15) is 4.79 Å². The minimum atomic E-state index is -0.226. The molecule has 0 aliphatic carbocycles. The zero-order chi connectivity index (χ0) is 15.9. The van der Waals surface area contributed by atoms with Crippen LogP contribution in [0, 0.1) is 0 Å². The van der Waals surface area contributed by atoms with Gasteiger partial charge in [-0.2, -0.15) is 0 Å². The molecule has 4 nitrogen and oxygen atoms in total. The maximum atomic E-state index is 12.2. The summed E-state index contributed by atoms with van der Waals surface area (Å²) < 4.78 is 6.24. The fourth-order valence-corrected chi connectivity index (χ4v) is 2.71. The maximum Gasteiger partial charge on any atom is 0.337 e. The summed E-state index contributed by atoms with van der Waals surface area (Å²) in [6.45, 7) is 5.29. The van der Waals surface area contributed by atoms with Gasteiger partial charge in [0, 0.05) is 17.2 Å². The molecule has 0 spiro atoms. The first-order valence-electron chi connectivity index (χ1n) is 7.80. The van der Waals surface area contributed by atoms with Gasteiger partial charge < -0.3 is 9.75 Å². The lowest BCUT2D eigenvalue weighted by atomic mass is 10.0. The fourth-order valence-electron chi connectivity index (χ4n) is 2.44. The lowest BCUT2D eigenvalue weighted by Gasteiger charge is -2.20. The van der Waals surface area contributed by atoms with E-state index >= 15 is 0 Å². The molecule has 1 aliphatic heterocycles. The Labute approximate surface area is 140 Å². The van der Waals surface area contributed by atoms with E-state index in [0.29, 0.717) is 12.2 Å². The maximum absolute atomic E-state index is 12.2. The second kappa shape index (κ2) is 8.34. The van der Waals surface area contributed by atoms with Crippen molar-refractivity contribution in [3.63, 3.8) is 0 Å². The lowest BCUT2D eigenvalue weighted by Crippen LogP contribution is -2.39. The van der Waals surface area contributed by atoms with E-state index in [4.69, 9.17) is 4.74 Å². The number of hydrazine groups is 1. The van der Waals surface area contributed by atoms with Gasteiger partial charge in [-0.1, -0.05) is 41.4 Å². The number of hydrogen-bond acceptors (Lipinski definition) is 4. The third kappa shape index (κ3) is 4.58. The number of nitrogens with zero attached hydrogens (tertiary/aromatic N) is 1. The van der Waals surface area contributed by atoms with Crippen LogP contribution in [-0.4, -0.2) is 30.2 Å². The number of esters is 1. The molecule has 1 aromatic carbocycles. The van der Waals surface area contributed by atoms with Crippen LogP contribution in [-0.2, 0) is 16.0 Å². The van der Waals surface area contributed by atoms with Gasteiger partial charge in [0.15, 0.2) is 0 Å². The van der Waals surface area contributed by atoms with Crippen molar-refractivity contribution in [1.29, 1.82) is 0 Å². The molecule has 1 unspecified atom stereocenters. The molecular formula is C17H23BrN2O2. The zero-order valence-corrected chi connectivity index (χ0v) is 14.7. The quantitative estimate of drug-likeness (QED) is 0.750. The molecule has 1 aliphatic rings. The fraction of sp³-hybridized carbons (Fsp3) is 0.471. The summed E-state index contributed by atoms with van der Waals surface area (Å²) in [5.41, 5.74) is 5.30. The first-order chi connectivity index (χ1) is 10.6. The van der Waals surface area contributed by atoms with Crippen molar-refractivity contribution in [3.8, 4) is 0 Å². The monoisotopic (exact) mass is 366 g/mol. The minimum absolute atomic E-state index is 0.0305. The number of carbonyl (C=O) groups is 1. The summed E-state index contributed by atoms with van der Waals surface area (Å²) >= 11 is 3.44. The average Bonchev–Trinajstić information content (AvgIpc) is 2.91. The molecule has 0 radical (unpaired) electrons. The van der Waals surface area contributed by atoms with Gasteiger partial charge in [-0.15, -0.1) is 0 Å². The van der Waals surface area contributed by atoms with Crippen LogP contribution in [0.25, 0.3) is 0 Å². The lowest BCUT2D eigenvalue weighted by molar-refractivity contribution is -0.138. The van der Waals surface area contributed by atoms with Crippen LogP contribution in [0.15, 0.2) is 40.5 Å². The molecule has 0 amide bonds. The summed E-state index contributed by atoms with van der Waals surface area (Å²) in [4.78, 5) is 12.2. The van der Waals surface area contributed by atoms with E-state index < -0.39 is 0 Å². The molecule has 0 fully saturated rings. The molecule has 2 rings (SSSR count). The van der Waals surface area contributed by atoms with E-state index in [1.165, 1.54) is 5.56 Å². The zero-order valence-electron chi connectivity index (χ0n) is 13.1. The van der Waals surface area contributed by atoms with Crippen LogP contribution in [0.5, 0.6) is 0 Å². The standard InChI is InChI=1S/C17H23BrN2O2/c1-3-5-10-20-12-15(17(21)22-4-2)16(19-20)11-13-6-8-14(18)9-7-13/h6-9,12,16,19H,3-5,10-11H2,1-2H3. The van der Waals surface area contributed by atoms with E-state index in [1.54, 1.807) is 0 Å². The van der Waals surface area contributed by atoms with Crippen molar-refractivity contribution in [2.24, 2.45) is 0 Å². The number of rotatable bonds is 7. The van der Waals surface area contributed by atoms with Gasteiger partial charge in [0.1, 0.15) is 0 Å². The van der Waals surface area contributed by atoms with Crippen LogP contribution < -0.4 is 5.43 Å². The van der Waals surface area contributed by atoms with Crippen LogP contribution >= 0.6 is 15.9 Å². The van der Waals surface area contributed by atoms with E-state index in [1.807, 2.05) is 30.3 Å². The van der Waals surface area contributed by atoms with Gasteiger partial charge in [-0.25, -0.2) is 10.2 Å². The Morgan fingerprint density at radius 3 is 2.68 bits per heavy atom. The molecule has 0 bridgehead atoms. The Morgan fingerprint density at radius 1 is 1.32 bits per heavy atom. The summed E-state index contributed by atoms with van der Waals surface area (Å²) in [7, 11) is 0. The van der Waals surface area contributed by atoms with E-state index in [2.05, 4.69) is 40.4 Å². The molecule has 0 saturated carbocycles. The normalized spacial score (nSPS) is 17.5. The topological polar surface area (TPSA) is 41.6 Å². The smallest absolute Gasteiger partial charge is 0.337 e. The number of ether oxygens (including phenoxy) is 1. The van der Waals surface area contributed by atoms with Crippen LogP contribution in [0.1, 0.15) is 32.3 Å². The van der Waals surface area contributed by atoms with Crippen molar-refractivity contribution in [1.82, 2.24) is 10.4 Å². The van der Waals surface area contributed by atoms with Gasteiger partial charge in [-0.3, -0.25) is 0 Å². The highest BCUT2D eigenvalue weighted by Crippen LogP contribution is 2.20. The molecule has 0 aromatic heterocycles. The number of benzene rings is 1. The molecule has 22 heavy (non-hydrogen) atoms. The van der Waals surface area contributed by atoms with Crippen LogP contribution in [0.4, 0.5) is 0 Å². The summed E-state index contributed by atoms with van der Waals surface area (Å²) in [6, 6.07) is 8.16. The second-order valence-electron chi connectivity index (χ2n) is 5.36. The Kier molecular flexibility index (Phi) is 6.46. The van der Waals surface area contributed by atoms with Crippen LogP contribution in [0.3, 0.4) is 0 Å². The molecule has 1 N–H and O–H groups in total. The molecule has 0 saturated heterocycles. The molecule has 1 aromatic rings. The predicted molar refractivity (Wildman–Crippen MR) is 91.1 cm³/mol.